The van der Waals surface area contributed by atoms with Crippen molar-refractivity contribution in [3.8, 4) is 0 Å². The molecule has 0 radical (unpaired) electrons. The minimum Gasteiger partial charge on any atom is -0.364 e. The van der Waals surface area contributed by atoms with Crippen molar-refractivity contribution in [2.24, 2.45) is 0 Å². The van der Waals surface area contributed by atoms with Gasteiger partial charge in [-0.15, -0.1) is 11.8 Å². The minimum absolute atomic E-state index is 1.04. The SMILES string of the molecule is CCCc1[nH]cc(C(=S)SCC)c1CC. The number of hydrogen-bond donors (Lipinski definition) is 1. The van der Waals surface area contributed by atoms with Crippen molar-refractivity contribution in [1.29, 1.82) is 0 Å². The average molecular weight is 241 g/mol. The molecule has 0 amide bonds. The van der Waals surface area contributed by atoms with Crippen molar-refractivity contribution >= 4 is 28.2 Å². The molecule has 0 aromatic carbocycles. The van der Waals surface area contributed by atoms with Crippen LogP contribution in [0.5, 0.6) is 0 Å². The number of aromatic nitrogens is 1. The molecule has 0 unspecified atom stereocenters. The van der Waals surface area contributed by atoms with Crippen LogP contribution in [0.4, 0.5) is 0 Å². The molecule has 0 saturated carbocycles. The summed E-state index contributed by atoms with van der Waals surface area (Å²) in [6, 6.07) is 0. The van der Waals surface area contributed by atoms with Gasteiger partial charge in [0.2, 0.25) is 0 Å². The van der Waals surface area contributed by atoms with E-state index in [-0.39, 0.29) is 0 Å². The van der Waals surface area contributed by atoms with Crippen molar-refractivity contribution < 1.29 is 0 Å². The Morgan fingerprint density at radius 3 is 2.67 bits per heavy atom. The summed E-state index contributed by atoms with van der Waals surface area (Å²) >= 11 is 7.17. The highest BCUT2D eigenvalue weighted by molar-refractivity contribution is 8.23. The molecule has 3 heteroatoms. The van der Waals surface area contributed by atoms with Gasteiger partial charge in [0.1, 0.15) is 0 Å². The third-order valence-corrected chi connectivity index (χ3v) is 3.77. The molecule has 0 bridgehead atoms. The fraction of sp³-hybridized carbons (Fsp3) is 0.583. The predicted octanol–water partition coefficient (Wildman–Crippen LogP) is 3.96. The van der Waals surface area contributed by atoms with Crippen molar-refractivity contribution in [2.45, 2.75) is 40.0 Å². The van der Waals surface area contributed by atoms with E-state index in [0.717, 1.165) is 22.8 Å². The van der Waals surface area contributed by atoms with Gasteiger partial charge in [0.05, 0.1) is 4.20 Å². The van der Waals surface area contributed by atoms with Crippen molar-refractivity contribution in [2.75, 3.05) is 5.75 Å². The Labute approximate surface area is 102 Å². The molecule has 84 valence electrons. The Bertz CT molecular complexity index is 328. The molecule has 0 aliphatic heterocycles. The van der Waals surface area contributed by atoms with Crippen LogP contribution in [0.25, 0.3) is 0 Å². The number of aromatic amines is 1. The first-order chi connectivity index (χ1) is 7.24. The Hall–Kier alpha value is -0.280. The van der Waals surface area contributed by atoms with E-state index in [4.69, 9.17) is 12.2 Å². The molecule has 1 N–H and O–H groups in total. The highest BCUT2D eigenvalue weighted by atomic mass is 32.2. The van der Waals surface area contributed by atoms with E-state index in [1.165, 1.54) is 23.2 Å². The van der Waals surface area contributed by atoms with E-state index in [1.807, 2.05) is 0 Å². The second-order valence-corrected chi connectivity index (χ2v) is 5.42. The van der Waals surface area contributed by atoms with E-state index >= 15 is 0 Å². The summed E-state index contributed by atoms with van der Waals surface area (Å²) in [7, 11) is 0. The van der Waals surface area contributed by atoms with Crippen LogP contribution < -0.4 is 0 Å². The largest absolute Gasteiger partial charge is 0.364 e. The minimum atomic E-state index is 1.04. The van der Waals surface area contributed by atoms with E-state index in [0.29, 0.717) is 0 Å². The molecule has 0 atom stereocenters. The maximum absolute atomic E-state index is 5.41. The van der Waals surface area contributed by atoms with Crippen LogP contribution in [0, 0.1) is 0 Å². The zero-order valence-corrected chi connectivity index (χ0v) is 11.4. The first-order valence-corrected chi connectivity index (χ1v) is 7.00. The van der Waals surface area contributed by atoms with Crippen LogP contribution in [-0.4, -0.2) is 14.9 Å². The highest BCUT2D eigenvalue weighted by Gasteiger charge is 2.12. The van der Waals surface area contributed by atoms with Crippen molar-refractivity contribution in [3.05, 3.63) is 23.0 Å². The van der Waals surface area contributed by atoms with Gasteiger partial charge in [0.25, 0.3) is 0 Å². The van der Waals surface area contributed by atoms with Gasteiger partial charge in [0, 0.05) is 17.5 Å². The lowest BCUT2D eigenvalue weighted by Crippen LogP contribution is -1.97. The topological polar surface area (TPSA) is 15.8 Å². The van der Waals surface area contributed by atoms with E-state index < -0.39 is 0 Å². The van der Waals surface area contributed by atoms with Crippen LogP contribution >= 0.6 is 24.0 Å². The summed E-state index contributed by atoms with van der Waals surface area (Å²) in [6.07, 6.45) is 5.45. The predicted molar refractivity (Wildman–Crippen MR) is 74.0 cm³/mol. The second-order valence-electron chi connectivity index (χ2n) is 3.48. The number of H-pyrrole nitrogens is 1. The van der Waals surface area contributed by atoms with Gasteiger partial charge < -0.3 is 4.98 Å². The molecule has 1 heterocycles. The molecule has 1 rings (SSSR count). The first-order valence-electron chi connectivity index (χ1n) is 5.60. The number of rotatable bonds is 5. The van der Waals surface area contributed by atoms with Gasteiger partial charge in [0.15, 0.2) is 0 Å². The van der Waals surface area contributed by atoms with Crippen LogP contribution in [0.15, 0.2) is 6.20 Å². The molecule has 1 aromatic heterocycles. The van der Waals surface area contributed by atoms with E-state index in [9.17, 15) is 0 Å². The van der Waals surface area contributed by atoms with Gasteiger partial charge >= 0.3 is 0 Å². The Kier molecular flexibility index (Phi) is 5.40. The van der Waals surface area contributed by atoms with Gasteiger partial charge in [-0.1, -0.05) is 39.4 Å². The average Bonchev–Trinajstić information content (AvgIpc) is 2.62. The lowest BCUT2D eigenvalue weighted by Gasteiger charge is -2.04. The number of nitrogens with one attached hydrogen (secondary N) is 1. The maximum Gasteiger partial charge on any atom is 0.0796 e. The molecular formula is C12H19NS2. The molecule has 15 heavy (non-hydrogen) atoms. The Balaban J connectivity index is 2.92. The van der Waals surface area contributed by atoms with Gasteiger partial charge in [-0.25, -0.2) is 0 Å². The van der Waals surface area contributed by atoms with Gasteiger partial charge in [-0.2, -0.15) is 0 Å². The number of aryl methyl sites for hydroxylation is 1. The maximum atomic E-state index is 5.41. The molecular weight excluding hydrogens is 222 g/mol. The molecule has 0 spiro atoms. The summed E-state index contributed by atoms with van der Waals surface area (Å²) < 4.78 is 1.04. The summed E-state index contributed by atoms with van der Waals surface area (Å²) in [5.41, 5.74) is 4.04. The third-order valence-electron chi connectivity index (χ3n) is 2.43. The van der Waals surface area contributed by atoms with Gasteiger partial charge in [-0.05, 0) is 24.2 Å². The van der Waals surface area contributed by atoms with E-state index in [2.05, 4.69) is 32.0 Å². The Morgan fingerprint density at radius 2 is 2.13 bits per heavy atom. The molecule has 0 aliphatic rings. The van der Waals surface area contributed by atoms with Crippen LogP contribution in [0.2, 0.25) is 0 Å². The summed E-state index contributed by atoms with van der Waals surface area (Å²) in [6.45, 7) is 6.55. The summed E-state index contributed by atoms with van der Waals surface area (Å²) in [5, 5.41) is 0. The molecule has 0 saturated heterocycles. The van der Waals surface area contributed by atoms with Crippen molar-refractivity contribution in [1.82, 2.24) is 4.98 Å². The summed E-state index contributed by atoms with van der Waals surface area (Å²) in [4.78, 5) is 3.36. The molecule has 0 fully saturated rings. The second kappa shape index (κ2) is 6.33. The smallest absolute Gasteiger partial charge is 0.0796 e. The standard InChI is InChI=1S/C12H19NS2/c1-4-7-11-9(5-2)10(8-13-11)12(14)15-6-3/h8,13H,4-7H2,1-3H3. The van der Waals surface area contributed by atoms with Crippen LogP contribution in [0.3, 0.4) is 0 Å². The zero-order valence-electron chi connectivity index (χ0n) is 9.72. The lowest BCUT2D eigenvalue weighted by atomic mass is 10.1. The molecule has 0 aliphatic carbocycles. The number of thioether (sulfide) groups is 1. The monoisotopic (exact) mass is 241 g/mol. The summed E-state index contributed by atoms with van der Waals surface area (Å²) in [5.74, 6) is 1.05. The zero-order chi connectivity index (χ0) is 11.3. The number of thiocarbonyl (C=S) groups is 1. The lowest BCUT2D eigenvalue weighted by molar-refractivity contribution is 0.873. The van der Waals surface area contributed by atoms with Crippen LogP contribution in [-0.2, 0) is 12.8 Å². The molecule has 1 nitrogen and oxygen atoms in total. The quantitative estimate of drug-likeness (QED) is 0.785. The third kappa shape index (κ3) is 3.08. The van der Waals surface area contributed by atoms with Crippen molar-refractivity contribution in [3.63, 3.8) is 0 Å². The normalized spacial score (nSPS) is 10.6. The van der Waals surface area contributed by atoms with Gasteiger partial charge in [-0.3, -0.25) is 0 Å². The fourth-order valence-corrected chi connectivity index (χ4v) is 2.90. The van der Waals surface area contributed by atoms with E-state index in [1.54, 1.807) is 11.8 Å². The highest BCUT2D eigenvalue weighted by Crippen LogP contribution is 2.22. The molecule has 1 aromatic rings. The Morgan fingerprint density at radius 1 is 1.40 bits per heavy atom. The number of hydrogen-bond acceptors (Lipinski definition) is 2. The first kappa shape index (κ1) is 12.8. The fourth-order valence-electron chi connectivity index (χ4n) is 1.76. The van der Waals surface area contributed by atoms with Crippen LogP contribution in [0.1, 0.15) is 44.0 Å².